The summed E-state index contributed by atoms with van der Waals surface area (Å²) in [5.74, 6) is 0.220. The molecule has 134 valence electrons. The predicted molar refractivity (Wildman–Crippen MR) is 89.4 cm³/mol. The van der Waals surface area contributed by atoms with E-state index in [0.29, 0.717) is 13.0 Å². The van der Waals surface area contributed by atoms with Crippen molar-refractivity contribution in [1.29, 1.82) is 0 Å². The Labute approximate surface area is 139 Å². The van der Waals surface area contributed by atoms with Crippen LogP contribution in [0.15, 0.2) is 0 Å². The van der Waals surface area contributed by atoms with Crippen molar-refractivity contribution in [3.05, 3.63) is 0 Å². The fraction of sp³-hybridized carbons (Fsp3) is 0.938. The van der Waals surface area contributed by atoms with E-state index in [1.807, 2.05) is 0 Å². The van der Waals surface area contributed by atoms with Gasteiger partial charge in [-0.1, -0.05) is 12.8 Å². The fourth-order valence-corrected chi connectivity index (χ4v) is 5.54. The Morgan fingerprint density at radius 2 is 1.83 bits per heavy atom. The molecule has 6 nitrogen and oxygen atoms in total. The molecule has 2 aliphatic rings. The van der Waals surface area contributed by atoms with Crippen molar-refractivity contribution < 1.29 is 18.3 Å². The summed E-state index contributed by atoms with van der Waals surface area (Å²) in [5.41, 5.74) is -1.07. The number of piperidine rings is 1. The largest absolute Gasteiger partial charge is 0.389 e. The molecule has 1 aliphatic carbocycles. The molecule has 0 aromatic heterocycles. The second kappa shape index (κ2) is 7.07. The SMILES string of the molecule is CN(CC(C)(C)O)S(=O)(=O)[C@H]1CCCN(C(=O)C2CCCC2)C1. The van der Waals surface area contributed by atoms with Crippen molar-refractivity contribution in [3.8, 4) is 0 Å². The lowest BCUT2D eigenvalue weighted by atomic mass is 10.0. The first-order valence-electron chi connectivity index (χ1n) is 8.57. The molecule has 1 heterocycles. The summed E-state index contributed by atoms with van der Waals surface area (Å²) in [6, 6.07) is 0. The summed E-state index contributed by atoms with van der Waals surface area (Å²) < 4.78 is 26.7. The van der Waals surface area contributed by atoms with Crippen LogP contribution in [-0.4, -0.2) is 66.2 Å². The van der Waals surface area contributed by atoms with Gasteiger partial charge in [-0.25, -0.2) is 12.7 Å². The van der Waals surface area contributed by atoms with E-state index in [9.17, 15) is 18.3 Å². The summed E-state index contributed by atoms with van der Waals surface area (Å²) in [6.07, 6.45) is 5.36. The van der Waals surface area contributed by atoms with Crippen LogP contribution in [0, 0.1) is 5.92 Å². The second-order valence-electron chi connectivity index (χ2n) is 7.64. The number of likely N-dealkylation sites (N-methyl/N-ethyl adjacent to an activating group) is 1. The molecule has 1 atom stereocenters. The van der Waals surface area contributed by atoms with Gasteiger partial charge in [0.25, 0.3) is 0 Å². The third-order valence-corrected chi connectivity index (χ3v) is 7.08. The van der Waals surface area contributed by atoms with Crippen LogP contribution in [0.2, 0.25) is 0 Å². The lowest BCUT2D eigenvalue weighted by Crippen LogP contribution is -2.51. The number of nitrogens with zero attached hydrogens (tertiary/aromatic N) is 2. The molecule has 23 heavy (non-hydrogen) atoms. The van der Waals surface area contributed by atoms with E-state index in [2.05, 4.69) is 0 Å². The van der Waals surface area contributed by atoms with Crippen LogP contribution in [0.25, 0.3) is 0 Å². The molecule has 0 aromatic rings. The van der Waals surface area contributed by atoms with Crippen LogP contribution in [0.3, 0.4) is 0 Å². The molecule has 1 N–H and O–H groups in total. The maximum Gasteiger partial charge on any atom is 0.225 e. The van der Waals surface area contributed by atoms with E-state index in [1.165, 1.54) is 11.4 Å². The van der Waals surface area contributed by atoms with E-state index >= 15 is 0 Å². The second-order valence-corrected chi connectivity index (χ2v) is 9.96. The zero-order valence-corrected chi connectivity index (χ0v) is 15.3. The Kier molecular flexibility index (Phi) is 5.74. The molecule has 1 amide bonds. The van der Waals surface area contributed by atoms with Gasteiger partial charge in [0.15, 0.2) is 0 Å². The van der Waals surface area contributed by atoms with E-state index in [1.54, 1.807) is 18.7 Å². The quantitative estimate of drug-likeness (QED) is 0.811. The predicted octanol–water partition coefficient (Wildman–Crippen LogP) is 1.20. The number of amides is 1. The first-order valence-corrected chi connectivity index (χ1v) is 10.1. The summed E-state index contributed by atoms with van der Waals surface area (Å²) in [5, 5.41) is 9.30. The van der Waals surface area contributed by atoms with Crippen molar-refractivity contribution in [2.75, 3.05) is 26.7 Å². The molecular formula is C16H30N2O4S. The summed E-state index contributed by atoms with van der Waals surface area (Å²) in [6.45, 7) is 4.19. The highest BCUT2D eigenvalue weighted by molar-refractivity contribution is 7.89. The van der Waals surface area contributed by atoms with Gasteiger partial charge in [0, 0.05) is 32.6 Å². The van der Waals surface area contributed by atoms with Gasteiger partial charge in [-0.05, 0) is 39.5 Å². The molecule has 0 aromatic carbocycles. The molecule has 2 rings (SSSR count). The van der Waals surface area contributed by atoms with Gasteiger partial charge in [-0.2, -0.15) is 0 Å². The lowest BCUT2D eigenvalue weighted by molar-refractivity contribution is -0.136. The van der Waals surface area contributed by atoms with Crippen LogP contribution in [0.1, 0.15) is 52.4 Å². The zero-order valence-electron chi connectivity index (χ0n) is 14.5. The number of aliphatic hydroxyl groups is 1. The van der Waals surface area contributed by atoms with Crippen molar-refractivity contribution in [1.82, 2.24) is 9.21 Å². The highest BCUT2D eigenvalue weighted by atomic mass is 32.2. The van der Waals surface area contributed by atoms with Crippen LogP contribution in [-0.2, 0) is 14.8 Å². The van der Waals surface area contributed by atoms with Gasteiger partial charge in [0.1, 0.15) is 0 Å². The lowest BCUT2D eigenvalue weighted by Gasteiger charge is -2.36. The molecule has 1 aliphatic heterocycles. The minimum atomic E-state index is -3.51. The standard InChI is InChI=1S/C16H30N2O4S/c1-16(2,20)12-17(3)23(21,22)14-9-6-10-18(11-14)15(19)13-7-4-5-8-13/h13-14,20H,4-12H2,1-3H3/t14-/m0/s1. The van der Waals surface area contributed by atoms with Crippen molar-refractivity contribution in [2.45, 2.75) is 63.2 Å². The van der Waals surface area contributed by atoms with E-state index < -0.39 is 20.9 Å². The van der Waals surface area contributed by atoms with Gasteiger partial charge in [-0.15, -0.1) is 0 Å². The van der Waals surface area contributed by atoms with E-state index in [0.717, 1.165) is 32.1 Å². The van der Waals surface area contributed by atoms with Crippen LogP contribution in [0.4, 0.5) is 0 Å². The van der Waals surface area contributed by atoms with Gasteiger partial charge in [-0.3, -0.25) is 4.79 Å². The average Bonchev–Trinajstić information content (AvgIpc) is 2.99. The Bertz CT molecular complexity index is 521. The average molecular weight is 346 g/mol. The third-order valence-electron chi connectivity index (χ3n) is 4.86. The molecule has 1 saturated carbocycles. The van der Waals surface area contributed by atoms with Crippen molar-refractivity contribution in [3.63, 3.8) is 0 Å². The molecule has 2 fully saturated rings. The number of rotatable bonds is 5. The first kappa shape index (κ1) is 18.7. The monoisotopic (exact) mass is 346 g/mol. The number of carbonyl (C=O) groups is 1. The number of hydrogen-bond acceptors (Lipinski definition) is 4. The van der Waals surface area contributed by atoms with E-state index in [-0.39, 0.29) is 24.9 Å². The number of sulfonamides is 1. The van der Waals surface area contributed by atoms with Crippen LogP contribution in [0.5, 0.6) is 0 Å². The number of hydrogen-bond donors (Lipinski definition) is 1. The molecular weight excluding hydrogens is 316 g/mol. The normalized spacial score (nSPS) is 24.4. The minimum absolute atomic E-state index is 0.0579. The Balaban J connectivity index is 2.03. The summed E-state index contributed by atoms with van der Waals surface area (Å²) >= 11 is 0. The highest BCUT2D eigenvalue weighted by Crippen LogP contribution is 2.29. The summed E-state index contributed by atoms with van der Waals surface area (Å²) in [4.78, 5) is 14.3. The number of likely N-dealkylation sites (tertiary alicyclic amines) is 1. The Hall–Kier alpha value is -0.660. The Morgan fingerprint density at radius 1 is 1.22 bits per heavy atom. The fourth-order valence-electron chi connectivity index (χ4n) is 3.70. The van der Waals surface area contributed by atoms with Gasteiger partial charge in [0.05, 0.1) is 10.9 Å². The molecule has 7 heteroatoms. The van der Waals surface area contributed by atoms with E-state index in [4.69, 9.17) is 0 Å². The zero-order chi connectivity index (χ0) is 17.3. The maximum atomic E-state index is 12.7. The van der Waals surface area contributed by atoms with Crippen LogP contribution >= 0.6 is 0 Å². The van der Waals surface area contributed by atoms with Crippen molar-refractivity contribution >= 4 is 15.9 Å². The molecule has 0 spiro atoms. The van der Waals surface area contributed by atoms with Gasteiger partial charge >= 0.3 is 0 Å². The molecule has 1 saturated heterocycles. The topological polar surface area (TPSA) is 77.9 Å². The third kappa shape index (κ3) is 4.67. The van der Waals surface area contributed by atoms with Gasteiger partial charge in [0.2, 0.25) is 15.9 Å². The highest BCUT2D eigenvalue weighted by Gasteiger charge is 2.38. The summed E-state index contributed by atoms with van der Waals surface area (Å²) in [7, 11) is -2.00. The van der Waals surface area contributed by atoms with Crippen LogP contribution < -0.4 is 0 Å². The van der Waals surface area contributed by atoms with Crippen molar-refractivity contribution in [2.24, 2.45) is 5.92 Å². The molecule has 0 radical (unpaired) electrons. The minimum Gasteiger partial charge on any atom is -0.389 e. The first-order chi connectivity index (χ1) is 10.6. The molecule has 0 bridgehead atoms. The Morgan fingerprint density at radius 3 is 2.39 bits per heavy atom. The smallest absolute Gasteiger partial charge is 0.225 e. The van der Waals surface area contributed by atoms with Gasteiger partial charge < -0.3 is 10.0 Å². The maximum absolute atomic E-state index is 12.7. The molecule has 0 unspecified atom stereocenters. The number of carbonyl (C=O) groups excluding carboxylic acids is 1.